The van der Waals surface area contributed by atoms with Crippen LogP contribution in [0.2, 0.25) is 0 Å². The van der Waals surface area contributed by atoms with Gasteiger partial charge in [0.2, 0.25) is 5.91 Å². The molecular weight excluding hydrogens is 344 g/mol. The van der Waals surface area contributed by atoms with Crippen molar-refractivity contribution in [3.05, 3.63) is 41.7 Å². The summed E-state index contributed by atoms with van der Waals surface area (Å²) in [5.74, 6) is 1.90. The summed E-state index contributed by atoms with van der Waals surface area (Å²) in [4.78, 5) is 14.9. The monoisotopic (exact) mass is 370 g/mol. The smallest absolute Gasteiger partial charge is 0.236 e. The van der Waals surface area contributed by atoms with Crippen LogP contribution in [-0.2, 0) is 11.3 Å². The van der Waals surface area contributed by atoms with Crippen LogP contribution in [0.4, 0.5) is 0 Å². The van der Waals surface area contributed by atoms with E-state index in [1.807, 2.05) is 36.9 Å². The van der Waals surface area contributed by atoms with Crippen molar-refractivity contribution in [3.63, 3.8) is 0 Å². The van der Waals surface area contributed by atoms with Crippen LogP contribution in [-0.4, -0.2) is 37.4 Å². The zero-order chi connectivity index (χ0) is 18.1. The molecule has 26 heavy (non-hydrogen) atoms. The molecule has 1 heterocycles. The molecule has 0 bridgehead atoms. The maximum Gasteiger partial charge on any atom is 0.236 e. The van der Waals surface area contributed by atoms with E-state index in [1.54, 1.807) is 11.8 Å². The Morgan fingerprint density at radius 2 is 1.96 bits per heavy atom. The van der Waals surface area contributed by atoms with E-state index in [2.05, 4.69) is 26.9 Å². The SMILES string of the molecule is CCN(Cc1ccccc1)C(=O)[C@@H](C)Sc1nnc(C2CC2)n1C1CC1. The lowest BCUT2D eigenvalue weighted by Gasteiger charge is -2.24. The summed E-state index contributed by atoms with van der Waals surface area (Å²) in [6.07, 6.45) is 4.88. The molecule has 2 aliphatic rings. The van der Waals surface area contributed by atoms with Crippen molar-refractivity contribution < 1.29 is 4.79 Å². The molecule has 6 heteroatoms. The first kappa shape index (κ1) is 17.6. The van der Waals surface area contributed by atoms with Crippen LogP contribution in [0.5, 0.6) is 0 Å². The second kappa shape index (κ2) is 7.43. The Morgan fingerprint density at radius 1 is 1.23 bits per heavy atom. The summed E-state index contributed by atoms with van der Waals surface area (Å²) in [5.41, 5.74) is 1.16. The number of aromatic nitrogens is 3. The van der Waals surface area contributed by atoms with Crippen LogP contribution >= 0.6 is 11.8 Å². The van der Waals surface area contributed by atoms with Gasteiger partial charge >= 0.3 is 0 Å². The van der Waals surface area contributed by atoms with Gasteiger partial charge in [-0.05, 0) is 45.1 Å². The molecule has 0 unspecified atom stereocenters. The van der Waals surface area contributed by atoms with Gasteiger partial charge in [0.1, 0.15) is 5.82 Å². The molecule has 0 spiro atoms. The van der Waals surface area contributed by atoms with E-state index in [1.165, 1.54) is 25.7 Å². The van der Waals surface area contributed by atoms with Crippen LogP contribution in [0.1, 0.15) is 62.9 Å². The highest BCUT2D eigenvalue weighted by molar-refractivity contribution is 8.00. The molecule has 0 saturated heterocycles. The first-order valence-corrected chi connectivity index (χ1v) is 10.5. The zero-order valence-electron chi connectivity index (χ0n) is 15.5. The Morgan fingerprint density at radius 3 is 2.58 bits per heavy atom. The normalized spacial score (nSPS) is 17.9. The molecule has 2 fully saturated rings. The quantitative estimate of drug-likeness (QED) is 0.659. The third-order valence-electron chi connectivity index (χ3n) is 5.09. The standard InChI is InChI=1S/C20H26N4OS/c1-3-23(13-15-7-5-4-6-8-15)19(25)14(2)26-20-22-21-18(16-9-10-16)24(20)17-11-12-17/h4-8,14,16-17H,3,9-13H2,1-2H3/t14-/m1/s1. The molecule has 1 aromatic carbocycles. The van der Waals surface area contributed by atoms with E-state index < -0.39 is 0 Å². The van der Waals surface area contributed by atoms with E-state index in [9.17, 15) is 4.79 Å². The van der Waals surface area contributed by atoms with E-state index >= 15 is 0 Å². The Hall–Kier alpha value is -1.82. The molecule has 4 rings (SSSR count). The molecule has 2 aliphatic carbocycles. The van der Waals surface area contributed by atoms with Crippen molar-refractivity contribution >= 4 is 17.7 Å². The van der Waals surface area contributed by atoms with Gasteiger partial charge in [-0.1, -0.05) is 42.1 Å². The highest BCUT2D eigenvalue weighted by Crippen LogP contribution is 2.46. The summed E-state index contributed by atoms with van der Waals surface area (Å²) in [6.45, 7) is 5.39. The fraction of sp³-hybridized carbons (Fsp3) is 0.550. The molecular formula is C20H26N4OS. The van der Waals surface area contributed by atoms with E-state index in [0.29, 0.717) is 25.0 Å². The lowest BCUT2D eigenvalue weighted by molar-refractivity contribution is -0.130. The molecule has 1 aromatic heterocycles. The first-order valence-electron chi connectivity index (χ1n) is 9.61. The molecule has 1 atom stereocenters. The number of carbonyl (C=O) groups excluding carboxylic acids is 1. The maximum atomic E-state index is 13.0. The minimum atomic E-state index is -0.160. The Kier molecular flexibility index (Phi) is 5.02. The molecule has 0 N–H and O–H groups in total. The average Bonchev–Trinajstić information content (AvgIpc) is 3.59. The second-order valence-electron chi connectivity index (χ2n) is 7.31. The van der Waals surface area contributed by atoms with E-state index in [-0.39, 0.29) is 11.2 Å². The number of rotatable bonds is 8. The van der Waals surface area contributed by atoms with Crippen LogP contribution in [0.25, 0.3) is 0 Å². The number of amides is 1. The number of thioether (sulfide) groups is 1. The van der Waals surface area contributed by atoms with Crippen molar-refractivity contribution in [2.45, 2.75) is 68.4 Å². The third kappa shape index (κ3) is 3.80. The van der Waals surface area contributed by atoms with E-state index in [4.69, 9.17) is 0 Å². The van der Waals surface area contributed by atoms with Crippen molar-refractivity contribution in [1.82, 2.24) is 19.7 Å². The Bertz CT molecular complexity index is 767. The van der Waals surface area contributed by atoms with Crippen LogP contribution in [0, 0.1) is 0 Å². The number of benzene rings is 1. The summed E-state index contributed by atoms with van der Waals surface area (Å²) in [5, 5.41) is 9.65. The molecule has 2 saturated carbocycles. The molecule has 0 aliphatic heterocycles. The van der Waals surface area contributed by atoms with Crippen molar-refractivity contribution in [2.75, 3.05) is 6.54 Å². The largest absolute Gasteiger partial charge is 0.338 e. The highest BCUT2D eigenvalue weighted by Gasteiger charge is 2.37. The van der Waals surface area contributed by atoms with Gasteiger partial charge in [-0.2, -0.15) is 0 Å². The second-order valence-corrected chi connectivity index (χ2v) is 8.62. The summed E-state index contributed by atoms with van der Waals surface area (Å²) >= 11 is 1.57. The minimum absolute atomic E-state index is 0.160. The average molecular weight is 371 g/mol. The molecule has 5 nitrogen and oxygen atoms in total. The zero-order valence-corrected chi connectivity index (χ0v) is 16.3. The molecule has 1 amide bonds. The summed E-state index contributed by atoms with van der Waals surface area (Å²) in [6, 6.07) is 10.7. The molecule has 2 aromatic rings. The first-order chi connectivity index (χ1) is 12.7. The van der Waals surface area contributed by atoms with Crippen LogP contribution < -0.4 is 0 Å². The number of nitrogens with zero attached hydrogens (tertiary/aromatic N) is 4. The van der Waals surface area contributed by atoms with Crippen LogP contribution in [0.3, 0.4) is 0 Å². The molecule has 0 radical (unpaired) electrons. The van der Waals surface area contributed by atoms with Crippen LogP contribution in [0.15, 0.2) is 35.5 Å². The van der Waals surface area contributed by atoms with Crippen molar-refractivity contribution in [1.29, 1.82) is 0 Å². The number of hydrogen-bond donors (Lipinski definition) is 0. The van der Waals surface area contributed by atoms with Gasteiger partial charge in [-0.25, -0.2) is 0 Å². The molecule has 138 valence electrons. The predicted octanol–water partition coefficient (Wildman–Crippen LogP) is 4.02. The van der Waals surface area contributed by atoms with Gasteiger partial charge in [0.05, 0.1) is 5.25 Å². The third-order valence-corrected chi connectivity index (χ3v) is 6.13. The Labute approximate surface area is 159 Å². The summed E-state index contributed by atoms with van der Waals surface area (Å²) in [7, 11) is 0. The number of carbonyl (C=O) groups is 1. The maximum absolute atomic E-state index is 13.0. The van der Waals surface area contributed by atoms with Gasteiger partial charge in [0.25, 0.3) is 0 Å². The van der Waals surface area contributed by atoms with Gasteiger partial charge in [0.15, 0.2) is 5.16 Å². The fourth-order valence-electron chi connectivity index (χ4n) is 3.28. The van der Waals surface area contributed by atoms with E-state index in [0.717, 1.165) is 16.5 Å². The lowest BCUT2D eigenvalue weighted by Crippen LogP contribution is -2.36. The topological polar surface area (TPSA) is 51.0 Å². The highest BCUT2D eigenvalue weighted by atomic mass is 32.2. The van der Waals surface area contributed by atoms with Gasteiger partial charge in [-0.15, -0.1) is 10.2 Å². The summed E-state index contributed by atoms with van der Waals surface area (Å²) < 4.78 is 2.32. The van der Waals surface area contributed by atoms with Gasteiger partial charge < -0.3 is 9.47 Å². The number of hydrogen-bond acceptors (Lipinski definition) is 4. The van der Waals surface area contributed by atoms with Crippen molar-refractivity contribution in [2.24, 2.45) is 0 Å². The predicted molar refractivity (Wildman–Crippen MR) is 103 cm³/mol. The van der Waals surface area contributed by atoms with Gasteiger partial charge in [0, 0.05) is 25.0 Å². The Balaban J connectivity index is 1.45. The minimum Gasteiger partial charge on any atom is -0.338 e. The van der Waals surface area contributed by atoms with Crippen molar-refractivity contribution in [3.8, 4) is 0 Å². The lowest BCUT2D eigenvalue weighted by atomic mass is 10.2. The fourth-order valence-corrected chi connectivity index (χ4v) is 4.29. The van der Waals surface area contributed by atoms with Gasteiger partial charge in [-0.3, -0.25) is 4.79 Å².